The van der Waals surface area contributed by atoms with Crippen LogP contribution in [-0.2, 0) is 4.79 Å². The third-order valence-corrected chi connectivity index (χ3v) is 7.28. The van der Waals surface area contributed by atoms with Gasteiger partial charge in [-0.25, -0.2) is 4.98 Å². The predicted octanol–water partition coefficient (Wildman–Crippen LogP) is 7.47. The number of nitrogens with one attached hydrogen (secondary N) is 2. The number of anilines is 2. The first-order chi connectivity index (χ1) is 18.8. The quantitative estimate of drug-likeness (QED) is 0.181. The number of thiol groups is 1. The molecule has 7 nitrogen and oxygen atoms in total. The average Bonchev–Trinajstić information content (AvgIpc) is 3.38. The summed E-state index contributed by atoms with van der Waals surface area (Å²) in [6.07, 6.45) is 7.84. The van der Waals surface area contributed by atoms with E-state index in [1.54, 1.807) is 6.20 Å². The van der Waals surface area contributed by atoms with E-state index in [-0.39, 0.29) is 5.91 Å². The van der Waals surface area contributed by atoms with Crippen molar-refractivity contribution in [3.63, 3.8) is 0 Å². The molecular formula is C31H44N6OS. The maximum atomic E-state index is 11.9. The fourth-order valence-electron chi connectivity index (χ4n) is 4.77. The third-order valence-electron chi connectivity index (χ3n) is 6.92. The third kappa shape index (κ3) is 8.19. The van der Waals surface area contributed by atoms with Crippen LogP contribution in [-0.4, -0.2) is 64.6 Å². The molecule has 0 fully saturated rings. The van der Waals surface area contributed by atoms with E-state index in [0.29, 0.717) is 13.0 Å². The fourth-order valence-corrected chi connectivity index (χ4v) is 5.05. The number of carbonyl (C=O) groups is 1. The van der Waals surface area contributed by atoms with Gasteiger partial charge in [-0.2, -0.15) is 0 Å². The van der Waals surface area contributed by atoms with Crippen molar-refractivity contribution in [3.8, 4) is 0 Å². The summed E-state index contributed by atoms with van der Waals surface area (Å²) < 4.78 is 0. The summed E-state index contributed by atoms with van der Waals surface area (Å²) in [7, 11) is 0. The van der Waals surface area contributed by atoms with E-state index in [4.69, 9.17) is 0 Å². The molecule has 3 aromatic rings. The van der Waals surface area contributed by atoms with Crippen LogP contribution in [0.1, 0.15) is 66.0 Å². The van der Waals surface area contributed by atoms with E-state index in [1.807, 2.05) is 36.1 Å². The fraction of sp³-hybridized carbons (Fsp3) is 0.452. The Morgan fingerprint density at radius 1 is 1.21 bits per heavy atom. The Kier molecular flexibility index (Phi) is 11.6. The van der Waals surface area contributed by atoms with Gasteiger partial charge < -0.3 is 20.1 Å². The number of aromatic nitrogens is 2. The predicted molar refractivity (Wildman–Crippen MR) is 169 cm³/mol. The minimum atomic E-state index is 0.200. The maximum Gasteiger partial charge on any atom is 0.222 e. The Balaban J connectivity index is 0.000000360. The van der Waals surface area contributed by atoms with E-state index in [0.717, 1.165) is 57.7 Å². The molecular weight excluding hydrogens is 504 g/mol. The number of rotatable bonds is 10. The van der Waals surface area contributed by atoms with Gasteiger partial charge in [-0.3, -0.25) is 9.79 Å². The molecule has 2 N–H and O–H groups in total. The van der Waals surface area contributed by atoms with Crippen LogP contribution in [0, 0.1) is 0 Å². The van der Waals surface area contributed by atoms with Crippen molar-refractivity contribution in [2.45, 2.75) is 71.2 Å². The summed E-state index contributed by atoms with van der Waals surface area (Å²) in [6, 6.07) is 10.6. The van der Waals surface area contributed by atoms with Gasteiger partial charge in [-0.05, 0) is 88.8 Å². The highest BCUT2D eigenvalue weighted by Crippen LogP contribution is 2.32. The van der Waals surface area contributed by atoms with Gasteiger partial charge in [0.1, 0.15) is 5.65 Å². The van der Waals surface area contributed by atoms with Crippen molar-refractivity contribution in [1.29, 1.82) is 0 Å². The van der Waals surface area contributed by atoms with E-state index < -0.39 is 0 Å². The van der Waals surface area contributed by atoms with E-state index in [2.05, 4.69) is 84.4 Å². The molecule has 0 radical (unpaired) electrons. The summed E-state index contributed by atoms with van der Waals surface area (Å²) >= 11 is 4.46. The number of fused-ring (bicyclic) bond motifs is 1. The minimum Gasteiger partial charge on any atom is -0.355 e. The molecule has 2 aromatic heterocycles. The number of nitrogens with zero attached hydrogens (tertiary/aromatic N) is 4. The Hall–Kier alpha value is -3.10. The van der Waals surface area contributed by atoms with Crippen LogP contribution >= 0.6 is 12.6 Å². The lowest BCUT2D eigenvalue weighted by atomic mass is 10.0. The first-order valence-electron chi connectivity index (χ1n) is 14.1. The highest BCUT2D eigenvalue weighted by molar-refractivity contribution is 7.80. The Morgan fingerprint density at radius 3 is 2.51 bits per heavy atom. The molecule has 1 aliphatic heterocycles. The van der Waals surface area contributed by atoms with Crippen LogP contribution in [0.25, 0.3) is 16.6 Å². The number of H-pyrrole nitrogens is 1. The normalized spacial score (nSPS) is 13.3. The first kappa shape index (κ1) is 30.4. The topological polar surface area (TPSA) is 76.6 Å². The number of hydrogen-bond acceptors (Lipinski definition) is 6. The number of pyridine rings is 1. The molecule has 0 bridgehead atoms. The van der Waals surface area contributed by atoms with Gasteiger partial charge in [-0.15, -0.1) is 12.6 Å². The molecule has 1 aliphatic rings. The standard InChI is InChI=1S/C22H23N5OS.C9H21N/c1-3-21(28)27-10-7-14(8-11-27)19-13-16-17(6-9-24-22(16)26-19)25-15-4-5-18(23-2)20(29)12-15;1-5-7-10(8-6-2)9(3)4/h4-7,9,12-13,29H,2-3,8,10-11H2,1H3,(H2,24,25,26);9H,5-8H2,1-4H3. The van der Waals surface area contributed by atoms with Gasteiger partial charge in [0.2, 0.25) is 5.91 Å². The molecule has 210 valence electrons. The average molecular weight is 549 g/mol. The minimum absolute atomic E-state index is 0.200. The maximum absolute atomic E-state index is 11.9. The van der Waals surface area contributed by atoms with Gasteiger partial charge >= 0.3 is 0 Å². The lowest BCUT2D eigenvalue weighted by molar-refractivity contribution is -0.130. The summed E-state index contributed by atoms with van der Waals surface area (Å²) in [6.45, 7) is 18.4. The summed E-state index contributed by atoms with van der Waals surface area (Å²) in [5, 5.41) is 4.46. The molecule has 8 heteroatoms. The lowest BCUT2D eigenvalue weighted by Gasteiger charge is -2.25. The zero-order chi connectivity index (χ0) is 28.4. The molecule has 0 saturated carbocycles. The number of benzene rings is 1. The number of hydrogen-bond donors (Lipinski definition) is 3. The molecule has 0 unspecified atom stereocenters. The smallest absolute Gasteiger partial charge is 0.222 e. The van der Waals surface area contributed by atoms with Crippen molar-refractivity contribution in [1.82, 2.24) is 19.8 Å². The number of aliphatic imine (C=N–C) groups is 1. The van der Waals surface area contributed by atoms with E-state index in [9.17, 15) is 4.79 Å². The van der Waals surface area contributed by atoms with Crippen molar-refractivity contribution in [3.05, 3.63) is 48.3 Å². The van der Waals surface area contributed by atoms with Crippen LogP contribution in [0.2, 0.25) is 0 Å². The van der Waals surface area contributed by atoms with Crippen molar-refractivity contribution in [2.24, 2.45) is 4.99 Å². The second-order valence-corrected chi connectivity index (χ2v) is 10.6. The van der Waals surface area contributed by atoms with Gasteiger partial charge in [0.15, 0.2) is 0 Å². The van der Waals surface area contributed by atoms with Crippen LogP contribution in [0.3, 0.4) is 0 Å². The second-order valence-electron chi connectivity index (χ2n) is 10.1. The number of aromatic amines is 1. The van der Waals surface area contributed by atoms with Gasteiger partial charge in [0.05, 0.1) is 11.4 Å². The molecule has 0 aliphatic carbocycles. The SMILES string of the molecule is C=Nc1ccc(Nc2ccnc3[nH]c(C4=CCN(C(=O)CC)CC4)cc23)cc1S.CCCN(CCC)C(C)C. The molecule has 1 aromatic carbocycles. The Morgan fingerprint density at radius 2 is 1.95 bits per heavy atom. The van der Waals surface area contributed by atoms with E-state index in [1.165, 1.54) is 31.5 Å². The molecule has 3 heterocycles. The summed E-state index contributed by atoms with van der Waals surface area (Å²) in [4.78, 5) is 28.9. The van der Waals surface area contributed by atoms with Crippen molar-refractivity contribution >= 4 is 58.9 Å². The first-order valence-corrected chi connectivity index (χ1v) is 14.5. The number of amides is 1. The van der Waals surface area contributed by atoms with Gasteiger partial charge in [0, 0.05) is 53.4 Å². The lowest BCUT2D eigenvalue weighted by Crippen LogP contribution is -2.34. The van der Waals surface area contributed by atoms with Crippen molar-refractivity contribution < 1.29 is 4.79 Å². The Bertz CT molecular complexity index is 1280. The van der Waals surface area contributed by atoms with Crippen LogP contribution in [0.4, 0.5) is 17.1 Å². The highest BCUT2D eigenvalue weighted by atomic mass is 32.1. The number of carbonyl (C=O) groups excluding carboxylic acids is 1. The summed E-state index contributed by atoms with van der Waals surface area (Å²) in [5.74, 6) is 0.200. The zero-order valence-electron chi connectivity index (χ0n) is 24.1. The summed E-state index contributed by atoms with van der Waals surface area (Å²) in [5.41, 5.74) is 5.72. The largest absolute Gasteiger partial charge is 0.355 e. The molecule has 0 atom stereocenters. The molecule has 1 amide bonds. The molecule has 0 saturated heterocycles. The van der Waals surface area contributed by atoms with Crippen LogP contribution < -0.4 is 5.32 Å². The van der Waals surface area contributed by atoms with Gasteiger partial charge in [-0.1, -0.05) is 26.8 Å². The zero-order valence-corrected chi connectivity index (χ0v) is 25.0. The molecule has 0 spiro atoms. The van der Waals surface area contributed by atoms with Crippen LogP contribution in [0.15, 0.2) is 52.5 Å². The highest BCUT2D eigenvalue weighted by Gasteiger charge is 2.18. The molecule has 4 rings (SSSR count). The second kappa shape index (κ2) is 14.9. The van der Waals surface area contributed by atoms with Crippen LogP contribution in [0.5, 0.6) is 0 Å². The molecule has 39 heavy (non-hydrogen) atoms. The monoisotopic (exact) mass is 548 g/mol. The van der Waals surface area contributed by atoms with E-state index >= 15 is 0 Å². The van der Waals surface area contributed by atoms with Crippen molar-refractivity contribution in [2.75, 3.05) is 31.5 Å². The Labute approximate surface area is 239 Å². The van der Waals surface area contributed by atoms with Gasteiger partial charge in [0.25, 0.3) is 0 Å².